The molecule has 0 spiro atoms. The van der Waals surface area contributed by atoms with Crippen LogP contribution in [0.3, 0.4) is 0 Å². The Morgan fingerprint density at radius 3 is 3.26 bits per heavy atom. The van der Waals surface area contributed by atoms with Gasteiger partial charge in [-0.05, 0) is 24.2 Å². The Kier molecular flexibility index (Phi) is 2.38. The van der Waals surface area contributed by atoms with E-state index in [9.17, 15) is 4.79 Å². The fraction of sp³-hybridized carbons (Fsp3) is 0.571. The smallest absolute Gasteiger partial charge is 0.258 e. The minimum atomic E-state index is 0.0378. The van der Waals surface area contributed by atoms with Gasteiger partial charge in [-0.3, -0.25) is 14.1 Å². The van der Waals surface area contributed by atoms with Crippen LogP contribution in [0.4, 0.5) is 0 Å². The molecule has 2 aromatic rings. The molecule has 0 bridgehead atoms. The first-order chi connectivity index (χ1) is 9.20. The summed E-state index contributed by atoms with van der Waals surface area (Å²) >= 11 is 1.52. The summed E-state index contributed by atoms with van der Waals surface area (Å²) in [6.45, 7) is 5.48. The van der Waals surface area contributed by atoms with Crippen LogP contribution in [0.25, 0.3) is 4.96 Å². The number of likely N-dealkylation sites (tertiary alicyclic amines) is 1. The molecule has 100 valence electrons. The molecule has 1 saturated heterocycles. The van der Waals surface area contributed by atoms with Gasteiger partial charge < -0.3 is 0 Å². The minimum Gasteiger partial charge on any atom is -0.297 e. The van der Waals surface area contributed by atoms with Gasteiger partial charge in [-0.25, -0.2) is 4.98 Å². The van der Waals surface area contributed by atoms with Crippen molar-refractivity contribution >= 4 is 16.3 Å². The molecule has 4 rings (SSSR count). The van der Waals surface area contributed by atoms with Crippen molar-refractivity contribution in [3.8, 4) is 0 Å². The Morgan fingerprint density at radius 1 is 1.58 bits per heavy atom. The molecule has 0 N–H and O–H groups in total. The molecule has 1 saturated carbocycles. The summed E-state index contributed by atoms with van der Waals surface area (Å²) in [7, 11) is 0. The number of nitrogens with zero attached hydrogens (tertiary/aromatic N) is 3. The number of piperidine rings is 1. The summed E-state index contributed by atoms with van der Waals surface area (Å²) in [6, 6.07) is 1.68. The molecule has 2 unspecified atom stereocenters. The van der Waals surface area contributed by atoms with Crippen molar-refractivity contribution in [2.45, 2.75) is 26.3 Å². The van der Waals surface area contributed by atoms with Crippen LogP contribution < -0.4 is 5.56 Å². The monoisotopic (exact) mass is 275 g/mol. The fourth-order valence-corrected chi connectivity index (χ4v) is 4.31. The summed E-state index contributed by atoms with van der Waals surface area (Å²) in [4.78, 5) is 19.8. The Hall–Kier alpha value is -1.20. The normalized spacial score (nSPS) is 29.8. The van der Waals surface area contributed by atoms with Gasteiger partial charge in [-0.2, -0.15) is 0 Å². The van der Waals surface area contributed by atoms with Crippen LogP contribution in [0.5, 0.6) is 0 Å². The predicted octanol–water partition coefficient (Wildman–Crippen LogP) is 1.99. The van der Waals surface area contributed by atoms with Crippen molar-refractivity contribution in [1.29, 1.82) is 0 Å². The number of fused-ring (bicyclic) bond motifs is 2. The molecule has 2 aliphatic rings. The van der Waals surface area contributed by atoms with E-state index in [1.165, 1.54) is 37.3 Å². The third kappa shape index (κ3) is 1.75. The summed E-state index contributed by atoms with van der Waals surface area (Å²) in [5.41, 5.74) is 1.55. The van der Waals surface area contributed by atoms with Gasteiger partial charge in [0.1, 0.15) is 0 Å². The number of hydrogen-bond acceptors (Lipinski definition) is 4. The topological polar surface area (TPSA) is 37.6 Å². The molecular weight excluding hydrogens is 258 g/mol. The summed E-state index contributed by atoms with van der Waals surface area (Å²) in [5.74, 6) is 0.893. The average molecular weight is 275 g/mol. The zero-order valence-electron chi connectivity index (χ0n) is 11.0. The minimum absolute atomic E-state index is 0.0378. The van der Waals surface area contributed by atoms with Crippen LogP contribution in [-0.4, -0.2) is 27.4 Å². The second-order valence-electron chi connectivity index (χ2n) is 5.93. The van der Waals surface area contributed by atoms with Gasteiger partial charge in [-0.1, -0.05) is 6.92 Å². The second-order valence-corrected chi connectivity index (χ2v) is 6.80. The lowest BCUT2D eigenvalue weighted by atomic mass is 10.0. The number of thiazole rings is 1. The van der Waals surface area contributed by atoms with Crippen LogP contribution in [0.1, 0.15) is 25.5 Å². The molecule has 2 atom stereocenters. The summed E-state index contributed by atoms with van der Waals surface area (Å²) in [5, 5.41) is 1.91. The highest BCUT2D eigenvalue weighted by atomic mass is 32.1. The zero-order chi connectivity index (χ0) is 13.0. The summed E-state index contributed by atoms with van der Waals surface area (Å²) < 4.78 is 1.61. The van der Waals surface area contributed by atoms with Crippen LogP contribution in [-0.2, 0) is 6.54 Å². The highest BCUT2D eigenvalue weighted by Gasteiger charge is 2.57. The van der Waals surface area contributed by atoms with E-state index in [-0.39, 0.29) is 5.56 Å². The first-order valence-electron chi connectivity index (χ1n) is 6.88. The van der Waals surface area contributed by atoms with Gasteiger partial charge in [-0.15, -0.1) is 11.3 Å². The van der Waals surface area contributed by atoms with Crippen LogP contribution in [0.15, 0.2) is 22.4 Å². The molecule has 5 heteroatoms. The van der Waals surface area contributed by atoms with Gasteiger partial charge >= 0.3 is 0 Å². The van der Waals surface area contributed by atoms with Gasteiger partial charge in [0.05, 0.1) is 5.69 Å². The van der Waals surface area contributed by atoms with Crippen molar-refractivity contribution in [1.82, 2.24) is 14.3 Å². The highest BCUT2D eigenvalue weighted by Crippen LogP contribution is 2.59. The Balaban J connectivity index is 1.57. The zero-order valence-corrected chi connectivity index (χ0v) is 11.8. The van der Waals surface area contributed by atoms with Crippen LogP contribution in [0.2, 0.25) is 0 Å². The fourth-order valence-electron chi connectivity index (χ4n) is 3.57. The molecule has 1 aliphatic carbocycles. The number of aromatic nitrogens is 2. The molecule has 2 aromatic heterocycles. The molecule has 19 heavy (non-hydrogen) atoms. The third-order valence-corrected chi connectivity index (χ3v) is 5.58. The predicted molar refractivity (Wildman–Crippen MR) is 75.4 cm³/mol. The highest BCUT2D eigenvalue weighted by molar-refractivity contribution is 7.15. The van der Waals surface area contributed by atoms with Gasteiger partial charge in [0.15, 0.2) is 4.96 Å². The van der Waals surface area contributed by atoms with Gasteiger partial charge in [0, 0.05) is 37.3 Å². The third-order valence-electron chi connectivity index (χ3n) is 4.82. The molecule has 0 radical (unpaired) electrons. The number of rotatable bonds is 3. The molecule has 0 amide bonds. The van der Waals surface area contributed by atoms with E-state index < -0.39 is 0 Å². The summed E-state index contributed by atoms with van der Waals surface area (Å²) in [6.07, 6.45) is 4.48. The van der Waals surface area contributed by atoms with Gasteiger partial charge in [0.25, 0.3) is 5.56 Å². The van der Waals surface area contributed by atoms with Gasteiger partial charge in [0.2, 0.25) is 0 Å². The first-order valence-corrected chi connectivity index (χ1v) is 7.76. The Bertz CT molecular complexity index is 687. The molecule has 3 heterocycles. The maximum atomic E-state index is 11.9. The maximum Gasteiger partial charge on any atom is 0.258 e. The molecule has 0 aromatic carbocycles. The lowest BCUT2D eigenvalue weighted by Crippen LogP contribution is -2.26. The lowest BCUT2D eigenvalue weighted by molar-refractivity contribution is 0.267. The quantitative estimate of drug-likeness (QED) is 0.859. The van der Waals surface area contributed by atoms with Crippen LogP contribution in [0, 0.1) is 11.3 Å². The van der Waals surface area contributed by atoms with Crippen molar-refractivity contribution in [2.24, 2.45) is 11.3 Å². The van der Waals surface area contributed by atoms with Crippen molar-refractivity contribution in [3.63, 3.8) is 0 Å². The standard InChI is InChI=1S/C14H17N3OS/c1-2-14-6-10(14)7-16(9-14)8-11-5-12(18)17-3-4-19-13(17)15-11/h3-5,10H,2,6-9H2,1H3. The average Bonchev–Trinajstić information content (AvgIpc) is 2.77. The van der Waals surface area contributed by atoms with Crippen molar-refractivity contribution in [2.75, 3.05) is 13.1 Å². The SMILES string of the molecule is CCC12CC1CN(Cc1cc(=O)n3ccsc3n1)C2. The maximum absolute atomic E-state index is 11.9. The number of hydrogen-bond donors (Lipinski definition) is 0. The lowest BCUT2D eigenvalue weighted by Gasteiger charge is -2.19. The van der Waals surface area contributed by atoms with E-state index >= 15 is 0 Å². The first kappa shape index (κ1) is 11.6. The van der Waals surface area contributed by atoms with E-state index in [1.807, 2.05) is 5.38 Å². The molecular formula is C14H17N3OS. The van der Waals surface area contributed by atoms with E-state index in [0.717, 1.165) is 23.1 Å². The molecule has 4 nitrogen and oxygen atoms in total. The van der Waals surface area contributed by atoms with E-state index in [4.69, 9.17) is 0 Å². The van der Waals surface area contributed by atoms with Crippen molar-refractivity contribution in [3.05, 3.63) is 33.7 Å². The largest absolute Gasteiger partial charge is 0.297 e. The second kappa shape index (κ2) is 3.90. The van der Waals surface area contributed by atoms with Crippen LogP contribution >= 0.6 is 11.3 Å². The van der Waals surface area contributed by atoms with E-state index in [1.54, 1.807) is 16.7 Å². The molecule has 2 fully saturated rings. The Labute approximate surface area is 115 Å². The Morgan fingerprint density at radius 2 is 2.47 bits per heavy atom. The van der Waals surface area contributed by atoms with E-state index in [0.29, 0.717) is 5.41 Å². The molecule has 1 aliphatic heterocycles. The van der Waals surface area contributed by atoms with Crippen molar-refractivity contribution < 1.29 is 0 Å². The van der Waals surface area contributed by atoms with E-state index in [2.05, 4.69) is 16.8 Å².